The van der Waals surface area contributed by atoms with Gasteiger partial charge in [0.05, 0.1) is 0 Å². The van der Waals surface area contributed by atoms with Gasteiger partial charge in [-0.15, -0.1) is 10.2 Å². The highest BCUT2D eigenvalue weighted by Gasteiger charge is 2.34. The zero-order valence-electron chi connectivity index (χ0n) is 19.4. The maximum Gasteiger partial charge on any atom is 0.257 e. The fraction of sp³-hybridized carbons (Fsp3) is 0.320. The van der Waals surface area contributed by atoms with Gasteiger partial charge in [0.1, 0.15) is 5.01 Å². The van der Waals surface area contributed by atoms with E-state index >= 15 is 0 Å². The Balaban J connectivity index is 1.40. The van der Waals surface area contributed by atoms with E-state index in [1.54, 1.807) is 43.0 Å². The number of hydrogen-bond donors (Lipinski definition) is 2. The van der Waals surface area contributed by atoms with Crippen molar-refractivity contribution >= 4 is 45.6 Å². The summed E-state index contributed by atoms with van der Waals surface area (Å²) < 4.78 is 0. The van der Waals surface area contributed by atoms with Gasteiger partial charge in [-0.1, -0.05) is 50.3 Å². The average molecular weight is 478 g/mol. The average Bonchev–Trinajstić information content (AvgIpc) is 3.45. The van der Waals surface area contributed by atoms with Crippen molar-refractivity contribution < 1.29 is 14.4 Å². The fourth-order valence-electron chi connectivity index (χ4n) is 3.68. The predicted octanol–water partition coefficient (Wildman–Crippen LogP) is 4.47. The van der Waals surface area contributed by atoms with E-state index in [2.05, 4.69) is 27.8 Å². The molecule has 1 aromatic heterocycles. The molecule has 9 heteroatoms. The fourth-order valence-corrected chi connectivity index (χ4v) is 4.51. The summed E-state index contributed by atoms with van der Waals surface area (Å²) in [5.74, 6) is -0.644. The van der Waals surface area contributed by atoms with Crippen molar-refractivity contribution in [3.8, 4) is 0 Å². The van der Waals surface area contributed by atoms with Crippen LogP contribution in [0.4, 0.5) is 16.5 Å². The normalized spacial score (nSPS) is 15.6. The molecule has 1 saturated heterocycles. The van der Waals surface area contributed by atoms with Crippen molar-refractivity contribution in [1.82, 2.24) is 10.2 Å². The molecule has 3 amide bonds. The second-order valence-electron chi connectivity index (χ2n) is 8.55. The molecule has 4 rings (SSSR count). The van der Waals surface area contributed by atoms with E-state index < -0.39 is 0 Å². The summed E-state index contributed by atoms with van der Waals surface area (Å²) in [6, 6.07) is 14.8. The number of hydrogen-bond acceptors (Lipinski definition) is 6. The van der Waals surface area contributed by atoms with Gasteiger partial charge >= 0.3 is 0 Å². The molecule has 1 fully saturated rings. The predicted molar refractivity (Wildman–Crippen MR) is 133 cm³/mol. The third-order valence-electron chi connectivity index (χ3n) is 5.71. The maximum absolute atomic E-state index is 12.7. The summed E-state index contributed by atoms with van der Waals surface area (Å²) in [6.07, 6.45) is 1.31. The molecule has 1 atom stereocenters. The summed E-state index contributed by atoms with van der Waals surface area (Å²) in [5, 5.41) is 15.0. The van der Waals surface area contributed by atoms with E-state index in [0.29, 0.717) is 34.4 Å². The summed E-state index contributed by atoms with van der Waals surface area (Å²) in [6.45, 7) is 6.24. The lowest BCUT2D eigenvalue weighted by Crippen LogP contribution is -2.24. The third-order valence-corrected chi connectivity index (χ3v) is 6.71. The van der Waals surface area contributed by atoms with E-state index in [0.717, 1.165) is 12.1 Å². The largest absolute Gasteiger partial charge is 0.326 e. The molecule has 3 aromatic rings. The second-order valence-corrected chi connectivity index (χ2v) is 9.56. The molecule has 176 valence electrons. The zero-order valence-corrected chi connectivity index (χ0v) is 20.2. The molecule has 2 N–H and O–H groups in total. The van der Waals surface area contributed by atoms with Crippen molar-refractivity contribution in [3.05, 3.63) is 64.7 Å². The van der Waals surface area contributed by atoms with Gasteiger partial charge in [0.25, 0.3) is 5.91 Å². The number of nitrogens with one attached hydrogen (secondary N) is 2. The Morgan fingerprint density at radius 1 is 1.12 bits per heavy atom. The number of aromatic nitrogens is 2. The molecule has 0 unspecified atom stereocenters. The number of aryl methyl sites for hydroxylation is 1. The Morgan fingerprint density at radius 3 is 2.59 bits per heavy atom. The monoisotopic (exact) mass is 477 g/mol. The number of amides is 3. The summed E-state index contributed by atoms with van der Waals surface area (Å²) in [7, 11) is 0. The van der Waals surface area contributed by atoms with Crippen LogP contribution in [0.5, 0.6) is 0 Å². The topological polar surface area (TPSA) is 104 Å². The van der Waals surface area contributed by atoms with Gasteiger partial charge < -0.3 is 10.2 Å². The molecule has 0 bridgehead atoms. The molecule has 1 aliphatic heterocycles. The minimum atomic E-state index is -0.344. The Kier molecular flexibility index (Phi) is 7.02. The Hall–Kier alpha value is -3.59. The van der Waals surface area contributed by atoms with Crippen LogP contribution in [-0.4, -0.2) is 34.5 Å². The number of carbonyl (C=O) groups is 3. The van der Waals surface area contributed by atoms with E-state index in [-0.39, 0.29) is 29.6 Å². The molecule has 1 aliphatic rings. The minimum absolute atomic E-state index is 0.0512. The zero-order chi connectivity index (χ0) is 24.2. The van der Waals surface area contributed by atoms with Crippen LogP contribution in [0.25, 0.3) is 0 Å². The van der Waals surface area contributed by atoms with Gasteiger partial charge in [-0.3, -0.25) is 19.7 Å². The van der Waals surface area contributed by atoms with E-state index in [1.165, 1.54) is 16.9 Å². The van der Waals surface area contributed by atoms with Crippen molar-refractivity contribution in [1.29, 1.82) is 0 Å². The number of benzene rings is 2. The molecule has 0 saturated carbocycles. The Bertz CT molecular complexity index is 1210. The van der Waals surface area contributed by atoms with Crippen molar-refractivity contribution in [3.63, 3.8) is 0 Å². The minimum Gasteiger partial charge on any atom is -0.326 e. The van der Waals surface area contributed by atoms with Crippen LogP contribution in [0.15, 0.2) is 48.5 Å². The third kappa shape index (κ3) is 5.31. The highest BCUT2D eigenvalue weighted by atomic mass is 32.1. The van der Waals surface area contributed by atoms with Gasteiger partial charge in [0, 0.05) is 41.7 Å². The molecule has 2 aromatic carbocycles. The first-order valence-electron chi connectivity index (χ1n) is 11.3. The SMILES string of the molecule is CCc1ccc(N2C[C@@H](c3nnc(NC(=O)c4cccc(NC(=O)C(C)C)c4)s3)CC2=O)cc1. The highest BCUT2D eigenvalue weighted by molar-refractivity contribution is 7.15. The maximum atomic E-state index is 12.7. The lowest BCUT2D eigenvalue weighted by Gasteiger charge is -2.16. The van der Waals surface area contributed by atoms with E-state index in [4.69, 9.17) is 0 Å². The second kappa shape index (κ2) is 10.1. The van der Waals surface area contributed by atoms with Crippen LogP contribution in [0.2, 0.25) is 0 Å². The molecular formula is C25H27N5O3S. The molecule has 34 heavy (non-hydrogen) atoms. The van der Waals surface area contributed by atoms with Crippen LogP contribution in [0.3, 0.4) is 0 Å². The Morgan fingerprint density at radius 2 is 1.88 bits per heavy atom. The van der Waals surface area contributed by atoms with Gasteiger partial charge in [-0.05, 0) is 42.3 Å². The van der Waals surface area contributed by atoms with E-state index in [1.807, 2.05) is 24.3 Å². The number of carbonyl (C=O) groups excluding carboxylic acids is 3. The Labute approximate surface area is 202 Å². The van der Waals surface area contributed by atoms with Gasteiger partial charge in [0.15, 0.2) is 0 Å². The molecule has 8 nitrogen and oxygen atoms in total. The molecule has 0 spiro atoms. The number of rotatable bonds is 7. The highest BCUT2D eigenvalue weighted by Crippen LogP contribution is 2.34. The van der Waals surface area contributed by atoms with Crippen molar-refractivity contribution in [2.45, 2.75) is 39.5 Å². The van der Waals surface area contributed by atoms with Crippen LogP contribution in [0, 0.1) is 5.92 Å². The van der Waals surface area contributed by atoms with Crippen LogP contribution >= 0.6 is 11.3 Å². The first-order chi connectivity index (χ1) is 16.3. The molecule has 2 heterocycles. The van der Waals surface area contributed by atoms with Crippen LogP contribution in [-0.2, 0) is 16.0 Å². The van der Waals surface area contributed by atoms with E-state index in [9.17, 15) is 14.4 Å². The quantitative estimate of drug-likeness (QED) is 0.523. The lowest BCUT2D eigenvalue weighted by atomic mass is 10.1. The number of nitrogens with zero attached hydrogens (tertiary/aromatic N) is 3. The van der Waals surface area contributed by atoms with Crippen molar-refractivity contribution in [2.75, 3.05) is 22.1 Å². The van der Waals surface area contributed by atoms with Crippen molar-refractivity contribution in [2.24, 2.45) is 5.92 Å². The smallest absolute Gasteiger partial charge is 0.257 e. The van der Waals surface area contributed by atoms with Gasteiger partial charge in [0.2, 0.25) is 16.9 Å². The first kappa shape index (κ1) is 23.6. The molecule has 0 aliphatic carbocycles. The first-order valence-corrected chi connectivity index (χ1v) is 12.1. The standard InChI is InChI=1S/C25H27N5O3S/c1-4-16-8-10-20(11-9-16)30-14-18(13-21(30)31)24-28-29-25(34-24)27-23(33)17-6-5-7-19(12-17)26-22(32)15(2)3/h5-12,15,18H,4,13-14H2,1-3H3,(H,26,32)(H,27,29,33)/t18-/m0/s1. The molecular weight excluding hydrogens is 450 g/mol. The van der Waals surface area contributed by atoms with Crippen LogP contribution in [0.1, 0.15) is 54.0 Å². The lowest BCUT2D eigenvalue weighted by molar-refractivity contribution is -0.119. The van der Waals surface area contributed by atoms with Crippen LogP contribution < -0.4 is 15.5 Å². The molecule has 0 radical (unpaired) electrons. The number of anilines is 3. The summed E-state index contributed by atoms with van der Waals surface area (Å²) >= 11 is 1.27. The summed E-state index contributed by atoms with van der Waals surface area (Å²) in [4.78, 5) is 39.0. The van der Waals surface area contributed by atoms with Gasteiger partial charge in [-0.2, -0.15) is 0 Å². The van der Waals surface area contributed by atoms with Gasteiger partial charge in [-0.25, -0.2) is 0 Å². The summed E-state index contributed by atoms with van der Waals surface area (Å²) in [5.41, 5.74) is 3.06.